The van der Waals surface area contributed by atoms with Crippen LogP contribution in [-0.2, 0) is 0 Å². The number of benzene rings is 1. The molecule has 0 spiro atoms. The number of hydrogen-bond donors (Lipinski definition) is 2. The number of thioether (sulfide) groups is 1. The maximum Gasteiger partial charge on any atom is 0.337 e. The van der Waals surface area contributed by atoms with Gasteiger partial charge in [0.15, 0.2) is 0 Å². The zero-order chi connectivity index (χ0) is 14.7. The number of nitrogens with zero attached hydrogens (tertiary/aromatic N) is 1. The lowest BCUT2D eigenvalue weighted by Crippen LogP contribution is -2.40. The van der Waals surface area contributed by atoms with Crippen LogP contribution in [0.25, 0.3) is 0 Å². The molecule has 7 heteroatoms. The van der Waals surface area contributed by atoms with Crippen molar-refractivity contribution in [2.75, 3.05) is 23.9 Å². The van der Waals surface area contributed by atoms with Crippen molar-refractivity contribution in [2.45, 2.75) is 12.5 Å². The number of carbonyl (C=O) groups excluding carboxylic acids is 1. The summed E-state index contributed by atoms with van der Waals surface area (Å²) in [5.74, 6) is 0.951. The molecular weight excluding hydrogens is 391 g/mol. The molecule has 1 aliphatic heterocycles. The van der Waals surface area contributed by atoms with Gasteiger partial charge in [0.2, 0.25) is 0 Å². The average molecular weight is 406 g/mol. The van der Waals surface area contributed by atoms with Gasteiger partial charge >= 0.3 is 12.0 Å². The number of aromatic carboxylic acids is 1. The fourth-order valence-electron chi connectivity index (χ4n) is 2.00. The Hall–Kier alpha value is -0.960. The Labute approximate surface area is 135 Å². The zero-order valence-corrected chi connectivity index (χ0v) is 13.9. The van der Waals surface area contributed by atoms with Crippen LogP contribution in [0, 0.1) is 3.57 Å². The quantitative estimate of drug-likeness (QED) is 0.758. The molecule has 1 fully saturated rings. The van der Waals surface area contributed by atoms with Crippen LogP contribution in [0.2, 0.25) is 0 Å². The number of carbonyl (C=O) groups is 2. The molecule has 2 rings (SSSR count). The molecule has 2 amide bonds. The Kier molecular flexibility index (Phi) is 5.14. The first-order valence-electron chi connectivity index (χ1n) is 6.13. The third kappa shape index (κ3) is 3.57. The van der Waals surface area contributed by atoms with Crippen molar-refractivity contribution >= 4 is 52.0 Å². The van der Waals surface area contributed by atoms with E-state index in [0.29, 0.717) is 5.69 Å². The molecule has 1 aliphatic rings. The lowest BCUT2D eigenvalue weighted by atomic mass is 10.2. The Morgan fingerprint density at radius 3 is 2.85 bits per heavy atom. The molecule has 0 aliphatic carbocycles. The van der Waals surface area contributed by atoms with Crippen LogP contribution in [0.15, 0.2) is 18.2 Å². The molecule has 2 N–H and O–H groups in total. The summed E-state index contributed by atoms with van der Waals surface area (Å²) in [5, 5.41) is 11.9. The van der Waals surface area contributed by atoms with Gasteiger partial charge in [-0.15, -0.1) is 0 Å². The molecule has 1 heterocycles. The molecule has 1 aromatic carbocycles. The van der Waals surface area contributed by atoms with Gasteiger partial charge in [0.05, 0.1) is 11.3 Å². The van der Waals surface area contributed by atoms with Gasteiger partial charge in [-0.1, -0.05) is 0 Å². The molecule has 1 unspecified atom stereocenters. The third-order valence-electron chi connectivity index (χ3n) is 3.23. The van der Waals surface area contributed by atoms with Gasteiger partial charge in [0.25, 0.3) is 0 Å². The Bertz CT molecular complexity index is 532. The van der Waals surface area contributed by atoms with Gasteiger partial charge in [-0.2, -0.15) is 11.8 Å². The summed E-state index contributed by atoms with van der Waals surface area (Å²) in [4.78, 5) is 25.0. The van der Waals surface area contributed by atoms with Gasteiger partial charge in [-0.05, 0) is 53.0 Å². The van der Waals surface area contributed by atoms with Gasteiger partial charge in [0.1, 0.15) is 0 Å². The van der Waals surface area contributed by atoms with Crippen LogP contribution in [-0.4, -0.2) is 46.6 Å². The van der Waals surface area contributed by atoms with E-state index in [1.807, 2.05) is 34.4 Å². The number of anilines is 1. The third-order valence-corrected chi connectivity index (χ3v) is 5.04. The summed E-state index contributed by atoms with van der Waals surface area (Å²) in [6, 6.07) is 4.90. The smallest absolute Gasteiger partial charge is 0.337 e. The van der Waals surface area contributed by atoms with Gasteiger partial charge in [-0.25, -0.2) is 9.59 Å². The van der Waals surface area contributed by atoms with Gasteiger partial charge in [0, 0.05) is 22.4 Å². The molecular formula is C13H15IN2O3S. The summed E-state index contributed by atoms with van der Waals surface area (Å²) in [7, 11) is 1.75. The Morgan fingerprint density at radius 1 is 1.50 bits per heavy atom. The van der Waals surface area contributed by atoms with Crippen molar-refractivity contribution in [3.8, 4) is 0 Å². The lowest BCUT2D eigenvalue weighted by molar-refractivity contribution is 0.0698. The molecule has 1 aromatic rings. The number of hydrogen-bond acceptors (Lipinski definition) is 3. The SMILES string of the molecule is CN(C(=O)Nc1ccc(I)cc1C(=O)O)C1CCSC1. The van der Waals surface area contributed by atoms with Gasteiger partial charge < -0.3 is 15.3 Å². The van der Waals surface area contributed by atoms with Gasteiger partial charge in [-0.3, -0.25) is 0 Å². The first-order valence-corrected chi connectivity index (χ1v) is 8.37. The molecule has 0 saturated carbocycles. The number of carboxylic acids is 1. The molecule has 20 heavy (non-hydrogen) atoms. The minimum absolute atomic E-state index is 0.111. The summed E-state index contributed by atoms with van der Waals surface area (Å²) < 4.78 is 0.818. The van der Waals surface area contributed by atoms with Crippen molar-refractivity contribution < 1.29 is 14.7 Å². The lowest BCUT2D eigenvalue weighted by Gasteiger charge is -2.24. The normalized spacial score (nSPS) is 17.8. The minimum atomic E-state index is -1.04. The first kappa shape index (κ1) is 15.4. The molecule has 1 atom stereocenters. The number of carboxylic acid groups (broad SMARTS) is 1. The molecule has 1 saturated heterocycles. The van der Waals surface area contributed by atoms with Crippen LogP contribution in [0.1, 0.15) is 16.8 Å². The van der Waals surface area contributed by atoms with Crippen molar-refractivity contribution in [1.29, 1.82) is 0 Å². The largest absolute Gasteiger partial charge is 0.478 e. The second-order valence-corrected chi connectivity index (χ2v) is 6.95. The Balaban J connectivity index is 2.12. The molecule has 5 nitrogen and oxygen atoms in total. The summed E-state index contributed by atoms with van der Waals surface area (Å²) in [6.07, 6.45) is 0.979. The van der Waals surface area contributed by atoms with E-state index in [4.69, 9.17) is 0 Å². The topological polar surface area (TPSA) is 69.6 Å². The fourth-order valence-corrected chi connectivity index (χ4v) is 3.76. The Morgan fingerprint density at radius 2 is 2.25 bits per heavy atom. The maximum atomic E-state index is 12.2. The monoisotopic (exact) mass is 406 g/mol. The van der Waals surface area contributed by atoms with E-state index < -0.39 is 5.97 Å². The van der Waals surface area contributed by atoms with Crippen LogP contribution < -0.4 is 5.32 Å². The zero-order valence-electron chi connectivity index (χ0n) is 10.9. The average Bonchev–Trinajstić information content (AvgIpc) is 2.93. The maximum absolute atomic E-state index is 12.2. The highest BCUT2D eigenvalue weighted by Crippen LogP contribution is 2.23. The second-order valence-electron chi connectivity index (χ2n) is 4.55. The molecule has 0 radical (unpaired) electrons. The van der Waals surface area contributed by atoms with E-state index in [9.17, 15) is 14.7 Å². The van der Waals surface area contributed by atoms with Crippen LogP contribution in [0.3, 0.4) is 0 Å². The van der Waals surface area contributed by atoms with Crippen molar-refractivity contribution in [2.24, 2.45) is 0 Å². The van der Waals surface area contributed by atoms with Crippen LogP contribution in [0.4, 0.5) is 10.5 Å². The number of urea groups is 1. The predicted molar refractivity (Wildman–Crippen MR) is 88.6 cm³/mol. The van der Waals surface area contributed by atoms with Crippen molar-refractivity contribution in [3.05, 3.63) is 27.3 Å². The highest BCUT2D eigenvalue weighted by Gasteiger charge is 2.24. The van der Waals surface area contributed by atoms with E-state index in [-0.39, 0.29) is 17.6 Å². The van der Waals surface area contributed by atoms with Crippen molar-refractivity contribution in [3.63, 3.8) is 0 Å². The molecule has 0 aromatic heterocycles. The standard InChI is InChI=1S/C13H15IN2O3S/c1-16(9-4-5-20-7-9)13(19)15-11-3-2-8(14)6-10(11)12(17)18/h2-3,6,9H,4-5,7H2,1H3,(H,15,19)(H,17,18). The van der Waals surface area contributed by atoms with Crippen LogP contribution >= 0.6 is 34.4 Å². The molecule has 108 valence electrons. The number of rotatable bonds is 3. The van der Waals surface area contributed by atoms with E-state index >= 15 is 0 Å². The first-order chi connectivity index (χ1) is 9.49. The number of halogens is 1. The van der Waals surface area contributed by atoms with Crippen molar-refractivity contribution in [1.82, 2.24) is 4.90 Å². The number of nitrogens with one attached hydrogen (secondary N) is 1. The molecule has 0 bridgehead atoms. The summed E-state index contributed by atoms with van der Waals surface area (Å²) in [5.41, 5.74) is 0.444. The number of amides is 2. The van der Waals surface area contributed by atoms with E-state index in [1.54, 1.807) is 30.1 Å². The van der Waals surface area contributed by atoms with E-state index in [0.717, 1.165) is 21.5 Å². The van der Waals surface area contributed by atoms with E-state index in [1.165, 1.54) is 0 Å². The predicted octanol–water partition coefficient (Wildman–Crippen LogP) is 2.96. The fraction of sp³-hybridized carbons (Fsp3) is 0.385. The highest BCUT2D eigenvalue weighted by molar-refractivity contribution is 14.1. The summed E-state index contributed by atoms with van der Waals surface area (Å²) >= 11 is 3.87. The minimum Gasteiger partial charge on any atom is -0.478 e. The summed E-state index contributed by atoms with van der Waals surface area (Å²) in [6.45, 7) is 0. The highest BCUT2D eigenvalue weighted by atomic mass is 127. The van der Waals surface area contributed by atoms with Crippen LogP contribution in [0.5, 0.6) is 0 Å². The second kappa shape index (κ2) is 6.66. The van der Waals surface area contributed by atoms with E-state index in [2.05, 4.69) is 5.32 Å².